The fourth-order valence-corrected chi connectivity index (χ4v) is 3.91. The molecule has 0 aromatic heterocycles. The zero-order chi connectivity index (χ0) is 18.3. The number of carbonyl (C=O) groups excluding carboxylic acids is 2. The molecule has 2 aliphatic heterocycles. The smallest absolute Gasteiger partial charge is 0.236 e. The number of hydrogen-bond donors (Lipinski definition) is 1. The van der Waals surface area contributed by atoms with Crippen LogP contribution in [-0.4, -0.2) is 99.1 Å². The molecule has 9 heteroatoms. The summed E-state index contributed by atoms with van der Waals surface area (Å²) in [6.45, 7) is 11.1. The number of piperidine rings is 1. The van der Waals surface area contributed by atoms with Gasteiger partial charge in [0.2, 0.25) is 11.8 Å². The number of carbonyl (C=O) groups is 2. The summed E-state index contributed by atoms with van der Waals surface area (Å²) in [5, 5.41) is 3.33. The Morgan fingerprint density at radius 2 is 1.59 bits per heavy atom. The average molecular weight is 427 g/mol. The molecular weight excluding hydrogens is 391 g/mol. The van der Waals surface area contributed by atoms with Gasteiger partial charge in [0.1, 0.15) is 0 Å². The number of piperazine rings is 1. The molecule has 0 atom stereocenters. The first-order chi connectivity index (χ1) is 12.1. The second-order valence-electron chi connectivity index (χ2n) is 7.10. The predicted octanol–water partition coefficient (Wildman–Crippen LogP) is 0.859. The zero-order valence-corrected chi connectivity index (χ0v) is 18.5. The summed E-state index contributed by atoms with van der Waals surface area (Å²) < 4.78 is 5.39. The lowest BCUT2D eigenvalue weighted by molar-refractivity contribution is -0.149. The van der Waals surface area contributed by atoms with Crippen molar-refractivity contribution in [2.45, 2.75) is 26.7 Å². The number of methoxy groups -OCH3 is 1. The van der Waals surface area contributed by atoms with E-state index >= 15 is 0 Å². The summed E-state index contributed by atoms with van der Waals surface area (Å²) in [7, 11) is 1.67. The third-order valence-corrected chi connectivity index (χ3v) is 5.57. The molecule has 7 nitrogen and oxygen atoms in total. The van der Waals surface area contributed by atoms with Crippen LogP contribution in [0.15, 0.2) is 0 Å². The molecule has 0 aliphatic carbocycles. The highest BCUT2D eigenvalue weighted by atomic mass is 35.5. The quantitative estimate of drug-likeness (QED) is 0.653. The monoisotopic (exact) mass is 426 g/mol. The van der Waals surface area contributed by atoms with Crippen LogP contribution in [-0.2, 0) is 14.3 Å². The van der Waals surface area contributed by atoms with Gasteiger partial charge in [-0.25, -0.2) is 0 Å². The van der Waals surface area contributed by atoms with E-state index in [0.29, 0.717) is 26.2 Å². The van der Waals surface area contributed by atoms with Gasteiger partial charge in [-0.3, -0.25) is 14.5 Å². The largest absolute Gasteiger partial charge is 0.384 e. The number of nitrogens with zero attached hydrogens (tertiary/aromatic N) is 3. The molecule has 0 saturated carbocycles. The lowest BCUT2D eigenvalue weighted by atomic mass is 9.78. The maximum Gasteiger partial charge on any atom is 0.236 e. The van der Waals surface area contributed by atoms with Gasteiger partial charge in [0.25, 0.3) is 0 Å². The highest BCUT2D eigenvalue weighted by molar-refractivity contribution is 5.85. The number of hydrogen-bond acceptors (Lipinski definition) is 5. The van der Waals surface area contributed by atoms with Crippen molar-refractivity contribution in [1.29, 1.82) is 0 Å². The second-order valence-corrected chi connectivity index (χ2v) is 7.10. The lowest BCUT2D eigenvalue weighted by Gasteiger charge is -2.42. The van der Waals surface area contributed by atoms with Crippen molar-refractivity contribution >= 4 is 36.6 Å². The molecular formula is C18H36Cl2N4O3. The van der Waals surface area contributed by atoms with Crippen LogP contribution in [0.4, 0.5) is 0 Å². The Kier molecular flexibility index (Phi) is 12.5. The van der Waals surface area contributed by atoms with Crippen LogP contribution in [0.3, 0.4) is 0 Å². The normalized spacial score (nSPS) is 19.6. The minimum Gasteiger partial charge on any atom is -0.384 e. The van der Waals surface area contributed by atoms with E-state index in [2.05, 4.69) is 10.2 Å². The molecule has 2 amide bonds. The molecule has 0 bridgehead atoms. The van der Waals surface area contributed by atoms with Gasteiger partial charge >= 0.3 is 0 Å². The first kappa shape index (κ1) is 26.4. The van der Waals surface area contributed by atoms with Crippen molar-refractivity contribution in [1.82, 2.24) is 20.0 Å². The van der Waals surface area contributed by atoms with Crippen molar-refractivity contribution in [2.24, 2.45) is 5.41 Å². The molecule has 160 valence electrons. The van der Waals surface area contributed by atoms with Gasteiger partial charge in [-0.2, -0.15) is 0 Å². The summed E-state index contributed by atoms with van der Waals surface area (Å²) in [6.07, 6.45) is 1.67. The van der Waals surface area contributed by atoms with E-state index in [1.807, 2.05) is 23.6 Å². The fourth-order valence-electron chi connectivity index (χ4n) is 3.91. The van der Waals surface area contributed by atoms with Crippen LogP contribution >= 0.6 is 24.8 Å². The van der Waals surface area contributed by atoms with E-state index in [-0.39, 0.29) is 42.0 Å². The number of ether oxygens (including phenoxy) is 1. The Hall–Kier alpha value is -0.600. The Morgan fingerprint density at radius 3 is 2.07 bits per heavy atom. The summed E-state index contributed by atoms with van der Waals surface area (Å²) in [4.78, 5) is 31.4. The molecule has 2 rings (SSSR count). The molecule has 0 unspecified atom stereocenters. The maximum atomic E-state index is 13.1. The van der Waals surface area contributed by atoms with Gasteiger partial charge in [-0.1, -0.05) is 0 Å². The third-order valence-electron chi connectivity index (χ3n) is 5.57. The van der Waals surface area contributed by atoms with Crippen LogP contribution in [0.25, 0.3) is 0 Å². The number of rotatable bonds is 7. The van der Waals surface area contributed by atoms with Gasteiger partial charge < -0.3 is 19.9 Å². The molecule has 2 saturated heterocycles. The van der Waals surface area contributed by atoms with Crippen molar-refractivity contribution in [3.05, 3.63) is 0 Å². The SMILES string of the molecule is CCN(CC)C(=O)CN1CCN(C(=O)C2(COC)CCNCC2)CC1.Cl.Cl. The van der Waals surface area contributed by atoms with Crippen molar-refractivity contribution < 1.29 is 14.3 Å². The summed E-state index contributed by atoms with van der Waals surface area (Å²) in [5.41, 5.74) is -0.376. The van der Waals surface area contributed by atoms with Crippen molar-refractivity contribution in [2.75, 3.05) is 72.6 Å². The van der Waals surface area contributed by atoms with Gasteiger partial charge in [-0.15, -0.1) is 24.8 Å². The number of nitrogens with one attached hydrogen (secondary N) is 1. The number of amides is 2. The molecule has 0 radical (unpaired) electrons. The molecule has 0 aromatic rings. The summed E-state index contributed by atoms with van der Waals surface area (Å²) in [6, 6.07) is 0. The Balaban J connectivity index is 0.00000338. The number of likely N-dealkylation sites (N-methyl/N-ethyl adjacent to an activating group) is 1. The van der Waals surface area contributed by atoms with Crippen LogP contribution in [0.1, 0.15) is 26.7 Å². The zero-order valence-electron chi connectivity index (χ0n) is 16.9. The van der Waals surface area contributed by atoms with E-state index in [0.717, 1.165) is 52.1 Å². The van der Waals surface area contributed by atoms with Crippen LogP contribution in [0.2, 0.25) is 0 Å². The van der Waals surface area contributed by atoms with Crippen molar-refractivity contribution in [3.63, 3.8) is 0 Å². The average Bonchev–Trinajstić information content (AvgIpc) is 2.64. The fraction of sp³-hybridized carbons (Fsp3) is 0.889. The Bertz CT molecular complexity index is 444. The third kappa shape index (κ3) is 6.75. The summed E-state index contributed by atoms with van der Waals surface area (Å²) in [5.74, 6) is 0.407. The topological polar surface area (TPSA) is 65.1 Å². The van der Waals surface area contributed by atoms with E-state index in [9.17, 15) is 9.59 Å². The van der Waals surface area contributed by atoms with E-state index in [1.165, 1.54) is 0 Å². The molecule has 2 aliphatic rings. The minimum absolute atomic E-state index is 0. The Morgan fingerprint density at radius 1 is 1.04 bits per heavy atom. The number of halogens is 2. The van der Waals surface area contributed by atoms with Crippen LogP contribution in [0, 0.1) is 5.41 Å². The maximum absolute atomic E-state index is 13.1. The molecule has 27 heavy (non-hydrogen) atoms. The van der Waals surface area contributed by atoms with Gasteiger partial charge in [0.05, 0.1) is 18.6 Å². The molecule has 0 aromatic carbocycles. The molecule has 2 heterocycles. The van der Waals surface area contributed by atoms with Crippen LogP contribution in [0.5, 0.6) is 0 Å². The highest BCUT2D eigenvalue weighted by Crippen LogP contribution is 2.32. The molecule has 2 fully saturated rings. The van der Waals surface area contributed by atoms with Gasteiger partial charge in [0, 0.05) is 46.4 Å². The van der Waals surface area contributed by atoms with Crippen molar-refractivity contribution in [3.8, 4) is 0 Å². The second kappa shape index (κ2) is 12.8. The Labute approximate surface area is 176 Å². The minimum atomic E-state index is -0.376. The first-order valence-electron chi connectivity index (χ1n) is 9.55. The standard InChI is InChI=1S/C18H34N4O3.2ClH/c1-4-21(5-2)16(23)14-20-10-12-22(13-11-20)17(24)18(15-25-3)6-8-19-9-7-18;;/h19H,4-15H2,1-3H3;2*1H. The first-order valence-corrected chi connectivity index (χ1v) is 9.55. The van der Waals surface area contributed by atoms with Gasteiger partial charge in [-0.05, 0) is 39.8 Å². The predicted molar refractivity (Wildman–Crippen MR) is 112 cm³/mol. The summed E-state index contributed by atoms with van der Waals surface area (Å²) >= 11 is 0. The van der Waals surface area contributed by atoms with Crippen LogP contribution < -0.4 is 5.32 Å². The van der Waals surface area contributed by atoms with E-state index < -0.39 is 0 Å². The van der Waals surface area contributed by atoms with E-state index in [4.69, 9.17) is 4.74 Å². The van der Waals surface area contributed by atoms with Gasteiger partial charge in [0.15, 0.2) is 0 Å². The lowest BCUT2D eigenvalue weighted by Crippen LogP contribution is -2.57. The highest BCUT2D eigenvalue weighted by Gasteiger charge is 2.42. The molecule has 0 spiro atoms. The van der Waals surface area contributed by atoms with E-state index in [1.54, 1.807) is 7.11 Å². The molecule has 1 N–H and O–H groups in total.